The lowest BCUT2D eigenvalue weighted by molar-refractivity contribution is 1.29. The Bertz CT molecular complexity index is 26.5. The fourth-order valence-corrected chi connectivity index (χ4v) is 0. The van der Waals surface area contributed by atoms with Gasteiger partial charge in [0, 0.05) is 0 Å². The molecule has 38 valence electrons. The van der Waals surface area contributed by atoms with Gasteiger partial charge in [0.2, 0.25) is 0 Å². The first-order chi connectivity index (χ1) is 2.64. The van der Waals surface area contributed by atoms with E-state index in [0.717, 1.165) is 0 Å². The van der Waals surface area contributed by atoms with E-state index in [1.165, 1.54) is 0 Å². The molecule has 0 unspecified atom stereocenters. The van der Waals surface area contributed by atoms with Gasteiger partial charge in [-0.2, -0.15) is 0 Å². The van der Waals surface area contributed by atoms with Crippen molar-refractivity contribution in [2.24, 2.45) is 0 Å². The molecule has 0 rings (SSSR count). The summed E-state index contributed by atoms with van der Waals surface area (Å²) < 4.78 is 0. The van der Waals surface area contributed by atoms with E-state index in [1.54, 1.807) is 0 Å². The zero-order chi connectivity index (χ0) is 5.15. The molecule has 0 saturated heterocycles. The van der Waals surface area contributed by atoms with Crippen LogP contribution in [0.1, 0.15) is 0 Å². The Morgan fingerprint density at radius 2 is 0.833 bits per heavy atom. The van der Waals surface area contributed by atoms with Gasteiger partial charge in [0.1, 0.15) is 9.67 Å². The van der Waals surface area contributed by atoms with Crippen LogP contribution < -0.4 is 0 Å². The van der Waals surface area contributed by atoms with Gasteiger partial charge in [-0.15, -0.1) is 46.4 Å². The van der Waals surface area contributed by atoms with E-state index in [9.17, 15) is 0 Å². The van der Waals surface area contributed by atoms with E-state index in [0.29, 0.717) is 0 Å². The summed E-state index contributed by atoms with van der Waals surface area (Å²) in [6, 6.07) is 0. The molecule has 0 spiro atoms. The first kappa shape index (κ1) is 7.16. The number of alkyl halides is 4. The fraction of sp³-hybridized carbons (Fsp3) is 1.00. The van der Waals surface area contributed by atoms with Crippen molar-refractivity contribution in [3.8, 4) is 0 Å². The van der Waals surface area contributed by atoms with Crippen molar-refractivity contribution in [1.82, 2.24) is 0 Å². The quantitative estimate of drug-likeness (QED) is 0.527. The van der Waals surface area contributed by atoms with Crippen LogP contribution in [0.15, 0.2) is 0 Å². The second kappa shape index (κ2) is 3.20. The molecule has 0 atom stereocenters. The highest BCUT2D eigenvalue weighted by molar-refractivity contribution is 6.56. The van der Waals surface area contributed by atoms with Crippen molar-refractivity contribution in [3.63, 3.8) is 0 Å². The lowest BCUT2D eigenvalue weighted by Gasteiger charge is -1.95. The van der Waals surface area contributed by atoms with Crippen LogP contribution in [0.4, 0.5) is 0 Å². The van der Waals surface area contributed by atoms with Crippen LogP contribution in [0, 0.1) is 0 Å². The van der Waals surface area contributed by atoms with Crippen LogP contribution in [-0.4, -0.2) is 9.67 Å². The molecule has 0 amide bonds. The molecule has 0 aromatic rings. The molecule has 6 heavy (non-hydrogen) atoms. The van der Waals surface area contributed by atoms with E-state index in [2.05, 4.69) is 0 Å². The maximum atomic E-state index is 5.11. The van der Waals surface area contributed by atoms with Gasteiger partial charge in [-0.3, -0.25) is 0 Å². The van der Waals surface area contributed by atoms with Crippen molar-refractivity contribution >= 4 is 46.4 Å². The topological polar surface area (TPSA) is 0 Å². The Morgan fingerprint density at radius 1 is 0.667 bits per heavy atom. The molecule has 0 radical (unpaired) electrons. The van der Waals surface area contributed by atoms with Gasteiger partial charge < -0.3 is 0 Å². The van der Waals surface area contributed by atoms with Crippen LogP contribution in [0.25, 0.3) is 0 Å². The highest BCUT2D eigenvalue weighted by Crippen LogP contribution is 2.16. The summed E-state index contributed by atoms with van der Waals surface area (Å²) in [6.07, 6.45) is 0. The van der Waals surface area contributed by atoms with Gasteiger partial charge in [-0.1, -0.05) is 0 Å². The molecule has 0 aliphatic rings. The van der Waals surface area contributed by atoms with Crippen molar-refractivity contribution in [2.75, 3.05) is 0 Å². The second-order valence-corrected chi connectivity index (χ2v) is 3.00. The van der Waals surface area contributed by atoms with E-state index in [4.69, 9.17) is 46.4 Å². The highest BCUT2D eigenvalue weighted by Gasteiger charge is 2.06. The van der Waals surface area contributed by atoms with Gasteiger partial charge in [0.05, 0.1) is 0 Å². The summed E-state index contributed by atoms with van der Waals surface area (Å²) in [5, 5.41) is 0. The normalized spacial score (nSPS) is 11.0. The first-order valence-electron chi connectivity index (χ1n) is 1.21. The molecular weight excluding hydrogens is 166 g/mol. The van der Waals surface area contributed by atoms with Crippen LogP contribution >= 0.6 is 46.4 Å². The monoisotopic (exact) mass is 166 g/mol. The summed E-state index contributed by atoms with van der Waals surface area (Å²) in [5.74, 6) is 0. The van der Waals surface area contributed by atoms with E-state index < -0.39 is 9.67 Å². The first-order valence-corrected chi connectivity index (χ1v) is 2.95. The number of hydrogen-bond donors (Lipinski definition) is 0. The zero-order valence-corrected chi connectivity index (χ0v) is 5.69. The fourth-order valence-electron chi connectivity index (χ4n) is 0. The maximum Gasteiger partial charge on any atom is 0.137 e. The van der Waals surface area contributed by atoms with Gasteiger partial charge >= 0.3 is 0 Å². The third kappa shape index (κ3) is 3.35. The minimum atomic E-state index is -0.673. The molecule has 0 aliphatic carbocycles. The van der Waals surface area contributed by atoms with E-state index in [-0.39, 0.29) is 0 Å². The van der Waals surface area contributed by atoms with Gasteiger partial charge in [-0.25, -0.2) is 0 Å². The zero-order valence-electron chi connectivity index (χ0n) is 2.67. The lowest BCUT2D eigenvalue weighted by atomic mass is 10.9. The van der Waals surface area contributed by atoms with Crippen molar-refractivity contribution < 1.29 is 0 Å². The SMILES string of the molecule is ClC(Cl)C(Cl)Cl. The van der Waals surface area contributed by atoms with E-state index >= 15 is 0 Å². The number of hydrogen-bond acceptors (Lipinski definition) is 0. The van der Waals surface area contributed by atoms with Crippen LogP contribution in [0.5, 0.6) is 0 Å². The molecule has 4 heteroatoms. The largest absolute Gasteiger partial charge is 0.137 e. The molecule has 0 bridgehead atoms. The molecular formula is C2H2Cl4. The Morgan fingerprint density at radius 3 is 0.833 bits per heavy atom. The molecule has 0 fully saturated rings. The van der Waals surface area contributed by atoms with Gasteiger partial charge in [0.15, 0.2) is 0 Å². The highest BCUT2D eigenvalue weighted by atomic mass is 35.5. The molecule has 0 heterocycles. The Balaban J connectivity index is 2.99. The van der Waals surface area contributed by atoms with Gasteiger partial charge in [-0.05, 0) is 0 Å². The second-order valence-electron chi connectivity index (χ2n) is 0.669. The molecule has 0 saturated carbocycles. The number of halogens is 4. The van der Waals surface area contributed by atoms with E-state index in [1.807, 2.05) is 0 Å². The average molecular weight is 168 g/mol. The Labute approximate surface area is 56.3 Å². The predicted molar refractivity (Wildman–Crippen MR) is 31.0 cm³/mol. The third-order valence-corrected chi connectivity index (χ3v) is 1.71. The summed E-state index contributed by atoms with van der Waals surface area (Å²) >= 11 is 20.5. The summed E-state index contributed by atoms with van der Waals surface area (Å²) in [4.78, 5) is -1.35. The van der Waals surface area contributed by atoms with Crippen LogP contribution in [0.2, 0.25) is 0 Å². The molecule has 0 aromatic heterocycles. The average Bonchev–Trinajstić information content (AvgIpc) is 1.36. The van der Waals surface area contributed by atoms with Crippen molar-refractivity contribution in [1.29, 1.82) is 0 Å². The van der Waals surface area contributed by atoms with Gasteiger partial charge in [0.25, 0.3) is 0 Å². The minimum absolute atomic E-state index is 0.673. The molecule has 0 aliphatic heterocycles. The molecule has 0 aromatic carbocycles. The summed E-state index contributed by atoms with van der Waals surface area (Å²) in [6.45, 7) is 0. The van der Waals surface area contributed by atoms with Crippen LogP contribution in [-0.2, 0) is 0 Å². The third-order valence-electron chi connectivity index (χ3n) is 0.190. The molecule has 0 N–H and O–H groups in total. The van der Waals surface area contributed by atoms with Crippen molar-refractivity contribution in [2.45, 2.75) is 9.67 Å². The Kier molecular flexibility index (Phi) is 3.82. The van der Waals surface area contributed by atoms with Crippen LogP contribution in [0.3, 0.4) is 0 Å². The Hall–Kier alpha value is 1.16. The minimum Gasteiger partial charge on any atom is -0.102 e. The summed E-state index contributed by atoms with van der Waals surface area (Å²) in [7, 11) is 0. The standard InChI is InChI=1S/C2H2Cl4/c3-1(4)2(5)6/h1-2H. The molecule has 0 nitrogen and oxygen atoms in total. The predicted octanol–water partition coefficient (Wildman–Crippen LogP) is 2.59. The summed E-state index contributed by atoms with van der Waals surface area (Å²) in [5.41, 5.74) is 0. The van der Waals surface area contributed by atoms with Crippen molar-refractivity contribution in [3.05, 3.63) is 0 Å². The smallest absolute Gasteiger partial charge is 0.102 e. The lowest BCUT2D eigenvalue weighted by Crippen LogP contribution is -1.96. The maximum absolute atomic E-state index is 5.11. The number of rotatable bonds is 1.